The zero-order valence-corrected chi connectivity index (χ0v) is 14.8. The highest BCUT2D eigenvalue weighted by atomic mass is 16.7. The Bertz CT molecular complexity index is 764. The monoisotopic (exact) mass is 389 g/mol. The van der Waals surface area contributed by atoms with E-state index in [1.807, 2.05) is 0 Å². The van der Waals surface area contributed by atoms with E-state index in [4.69, 9.17) is 10.3 Å². The van der Waals surface area contributed by atoms with Gasteiger partial charge in [0.25, 0.3) is 5.91 Å². The van der Waals surface area contributed by atoms with Crippen LogP contribution in [0.5, 0.6) is 0 Å². The summed E-state index contributed by atoms with van der Waals surface area (Å²) >= 11 is 0. The number of rotatable bonds is 6. The first-order valence-corrected chi connectivity index (χ1v) is 7.44. The third kappa shape index (κ3) is 2.60. The largest absolute Gasteiger partial charge is 0.382 e. The molecule has 1 saturated heterocycles. The molecule has 0 bridgehead atoms. The van der Waals surface area contributed by atoms with Gasteiger partial charge in [-0.3, -0.25) is 19.2 Å². The second-order valence-electron chi connectivity index (χ2n) is 6.25. The molecule has 0 aromatic rings. The van der Waals surface area contributed by atoms with Crippen LogP contribution >= 0.6 is 0 Å². The number of aliphatic hydroxyl groups is 5. The normalized spacial score (nSPS) is 39.8. The summed E-state index contributed by atoms with van der Waals surface area (Å²) in [6, 6.07) is 0. The summed E-state index contributed by atoms with van der Waals surface area (Å²) in [6.45, 7) is 2.47. The molecule has 150 valence electrons. The van der Waals surface area contributed by atoms with Crippen molar-refractivity contribution in [3.63, 3.8) is 0 Å². The Hall–Kier alpha value is -2.25. The second-order valence-corrected chi connectivity index (χ2v) is 6.25. The van der Waals surface area contributed by atoms with Crippen molar-refractivity contribution < 1.29 is 49.4 Å². The maximum atomic E-state index is 12.2. The fourth-order valence-corrected chi connectivity index (χ4v) is 3.19. The lowest BCUT2D eigenvalue weighted by atomic mass is 9.59. The van der Waals surface area contributed by atoms with Crippen LogP contribution in [-0.2, 0) is 23.9 Å². The number of carbonyl (C=O) groups excluding carboxylic acids is 4. The highest BCUT2D eigenvalue weighted by Crippen LogP contribution is 2.51. The SMILES string of the molecule is CC(=O)C(O)[C@H]1O[C@](O)(N=[N+]=[N-])[C@@](O)(C(C)=O)[C@](O)(C(C)=O)[C@]1(O)C(C)=O. The molecule has 1 rings (SSSR count). The molecule has 1 unspecified atom stereocenters. The van der Waals surface area contributed by atoms with Crippen LogP contribution in [0.1, 0.15) is 27.7 Å². The van der Waals surface area contributed by atoms with E-state index in [0.717, 1.165) is 6.92 Å². The summed E-state index contributed by atoms with van der Waals surface area (Å²) in [7, 11) is 0. The summed E-state index contributed by atoms with van der Waals surface area (Å²) in [5.74, 6) is -9.70. The maximum Gasteiger partial charge on any atom is 0.288 e. The Labute approximate surface area is 151 Å². The lowest BCUT2D eigenvalue weighted by molar-refractivity contribution is -0.409. The number of Topliss-reactive ketones (excluding diaryl/α,β-unsaturated/α-hetero) is 4. The summed E-state index contributed by atoms with van der Waals surface area (Å²) < 4.78 is 4.75. The van der Waals surface area contributed by atoms with Crippen LogP contribution in [0.4, 0.5) is 0 Å². The van der Waals surface area contributed by atoms with Gasteiger partial charge in [0, 0.05) is 4.91 Å². The van der Waals surface area contributed by atoms with Crippen molar-refractivity contribution in [2.75, 3.05) is 0 Å². The molecule has 6 atom stereocenters. The molecule has 0 aromatic carbocycles. The Kier molecular flexibility index (Phi) is 5.68. The van der Waals surface area contributed by atoms with Gasteiger partial charge < -0.3 is 30.3 Å². The molecular weight excluding hydrogens is 370 g/mol. The molecular formula is C14H19N3O10. The first-order valence-electron chi connectivity index (χ1n) is 7.44. The zero-order valence-electron chi connectivity index (χ0n) is 14.8. The minimum Gasteiger partial charge on any atom is -0.382 e. The van der Waals surface area contributed by atoms with Crippen molar-refractivity contribution in [3.05, 3.63) is 10.4 Å². The summed E-state index contributed by atoms with van der Waals surface area (Å²) in [5.41, 5.74) is -2.70. The molecule has 1 aliphatic rings. The average molecular weight is 389 g/mol. The van der Waals surface area contributed by atoms with Crippen LogP contribution in [0, 0.1) is 0 Å². The highest BCUT2D eigenvalue weighted by molar-refractivity contribution is 6.06. The molecule has 1 heterocycles. The highest BCUT2D eigenvalue weighted by Gasteiger charge is 2.83. The van der Waals surface area contributed by atoms with Gasteiger partial charge in [0.1, 0.15) is 12.2 Å². The third-order valence-corrected chi connectivity index (χ3v) is 4.69. The molecule has 1 fully saturated rings. The smallest absolute Gasteiger partial charge is 0.288 e. The van der Waals surface area contributed by atoms with Gasteiger partial charge >= 0.3 is 0 Å². The molecule has 1 aliphatic heterocycles. The third-order valence-electron chi connectivity index (χ3n) is 4.69. The van der Waals surface area contributed by atoms with Gasteiger partial charge in [-0.2, -0.15) is 0 Å². The van der Waals surface area contributed by atoms with Crippen LogP contribution in [0.25, 0.3) is 10.4 Å². The van der Waals surface area contributed by atoms with Gasteiger partial charge in [-0.1, -0.05) is 0 Å². The van der Waals surface area contributed by atoms with E-state index < -0.39 is 58.1 Å². The molecule has 0 radical (unpaired) electrons. The van der Waals surface area contributed by atoms with Crippen LogP contribution in [-0.4, -0.2) is 83.6 Å². The van der Waals surface area contributed by atoms with Crippen LogP contribution in [0.3, 0.4) is 0 Å². The molecule has 27 heavy (non-hydrogen) atoms. The van der Waals surface area contributed by atoms with Crippen LogP contribution in [0.2, 0.25) is 0 Å². The van der Waals surface area contributed by atoms with E-state index in [-0.39, 0.29) is 0 Å². The van der Waals surface area contributed by atoms with Gasteiger partial charge in [-0.15, -0.1) is 0 Å². The molecule has 0 spiro atoms. The van der Waals surface area contributed by atoms with E-state index in [1.54, 1.807) is 0 Å². The van der Waals surface area contributed by atoms with Gasteiger partial charge in [0.2, 0.25) is 11.2 Å². The van der Waals surface area contributed by atoms with E-state index in [2.05, 4.69) is 10.0 Å². The van der Waals surface area contributed by atoms with E-state index in [0.29, 0.717) is 20.8 Å². The van der Waals surface area contributed by atoms with Crippen LogP contribution in [0.15, 0.2) is 5.11 Å². The predicted molar refractivity (Wildman–Crippen MR) is 82.5 cm³/mol. The number of hydrogen-bond acceptors (Lipinski definition) is 11. The molecule has 0 aromatic heterocycles. The second kappa shape index (κ2) is 6.73. The van der Waals surface area contributed by atoms with Gasteiger partial charge in [-0.25, -0.2) is 0 Å². The number of azide groups is 1. The Morgan fingerprint density at radius 1 is 0.963 bits per heavy atom. The molecule has 13 heteroatoms. The van der Waals surface area contributed by atoms with E-state index in [1.165, 1.54) is 0 Å². The van der Waals surface area contributed by atoms with E-state index >= 15 is 0 Å². The maximum absolute atomic E-state index is 12.2. The number of nitrogens with zero attached hydrogens (tertiary/aromatic N) is 3. The predicted octanol–water partition coefficient (Wildman–Crippen LogP) is -2.75. The zero-order chi connectivity index (χ0) is 21.6. The molecule has 0 amide bonds. The van der Waals surface area contributed by atoms with Crippen molar-refractivity contribution in [2.24, 2.45) is 5.11 Å². The first kappa shape index (κ1) is 22.8. The summed E-state index contributed by atoms with van der Waals surface area (Å²) in [6.07, 6.45) is -5.04. The molecule has 0 aliphatic carbocycles. The fraction of sp³-hybridized carbons (Fsp3) is 0.714. The van der Waals surface area contributed by atoms with Gasteiger partial charge in [0.15, 0.2) is 28.7 Å². The van der Waals surface area contributed by atoms with Crippen molar-refractivity contribution >= 4 is 23.1 Å². The van der Waals surface area contributed by atoms with Gasteiger partial charge in [0.05, 0.1) is 0 Å². The molecule has 5 N–H and O–H groups in total. The summed E-state index contributed by atoms with van der Waals surface area (Å²) in [5, 5.41) is 55.8. The first-order chi connectivity index (χ1) is 12.1. The van der Waals surface area contributed by atoms with Crippen molar-refractivity contribution in [1.29, 1.82) is 0 Å². The van der Waals surface area contributed by atoms with Crippen molar-refractivity contribution in [3.8, 4) is 0 Å². The topological polar surface area (TPSA) is 227 Å². The number of carbonyl (C=O) groups is 4. The lowest BCUT2D eigenvalue weighted by Crippen LogP contribution is -2.90. The van der Waals surface area contributed by atoms with Crippen molar-refractivity contribution in [2.45, 2.75) is 62.6 Å². The average Bonchev–Trinajstić information content (AvgIpc) is 2.55. The Morgan fingerprint density at radius 2 is 1.41 bits per heavy atom. The number of aliphatic hydroxyl groups excluding tert-OH is 1. The van der Waals surface area contributed by atoms with Crippen LogP contribution < -0.4 is 0 Å². The lowest BCUT2D eigenvalue weighted by Gasteiger charge is -2.59. The number of ether oxygens (including phenoxy) is 1. The van der Waals surface area contributed by atoms with E-state index in [9.17, 15) is 44.7 Å². The quantitative estimate of drug-likeness (QED) is 0.179. The van der Waals surface area contributed by atoms with Gasteiger partial charge in [-0.05, 0) is 38.3 Å². The van der Waals surface area contributed by atoms with Crippen molar-refractivity contribution in [1.82, 2.24) is 0 Å². The minimum atomic E-state index is -3.88. The Balaban J connectivity index is 4.14. The molecule has 13 nitrogen and oxygen atoms in total. The minimum absolute atomic E-state index is 0.539. The fourth-order valence-electron chi connectivity index (χ4n) is 3.19. The Morgan fingerprint density at radius 3 is 1.70 bits per heavy atom. The number of hydrogen-bond donors (Lipinski definition) is 5. The standard InChI is InChI=1S/C14H19N3O10/c1-5(18)9(22)10-11(23,6(2)19)12(24,7(3)20)13(25,8(4)21)14(26,27-10)16-17-15/h9-10,22-26H,1-4H3/t9?,10-,11+,12+,13-,14+/m1/s1. The number of ketones is 4. The molecule has 0 saturated carbocycles. The summed E-state index contributed by atoms with van der Waals surface area (Å²) in [4.78, 5) is 50.3.